The lowest BCUT2D eigenvalue weighted by molar-refractivity contribution is -0.127. The maximum atomic E-state index is 12.4. The highest BCUT2D eigenvalue weighted by Crippen LogP contribution is 2.23. The first kappa shape index (κ1) is 19.9. The molecular weight excluding hydrogens is 360 g/mol. The predicted octanol–water partition coefficient (Wildman–Crippen LogP) is 3.01. The van der Waals surface area contributed by atoms with E-state index in [1.165, 1.54) is 17.3 Å². The van der Waals surface area contributed by atoms with Crippen molar-refractivity contribution >= 4 is 17.7 Å². The molecule has 146 valence electrons. The number of hydrogen-bond donors (Lipinski definition) is 0. The molecule has 0 unspecified atom stereocenters. The van der Waals surface area contributed by atoms with Gasteiger partial charge in [0.25, 0.3) is 0 Å². The Bertz CT molecular complexity index is 725. The summed E-state index contributed by atoms with van der Waals surface area (Å²) in [6.45, 7) is 7.05. The lowest BCUT2D eigenvalue weighted by Crippen LogP contribution is -2.32. The second kappa shape index (κ2) is 9.90. The molecule has 0 spiro atoms. The summed E-state index contributed by atoms with van der Waals surface area (Å²) in [5.74, 6) is 1.45. The molecule has 0 bridgehead atoms. The lowest BCUT2D eigenvalue weighted by atomic mass is 10.1. The second-order valence-electron chi connectivity index (χ2n) is 6.66. The average molecular weight is 389 g/mol. The molecule has 1 amide bonds. The summed E-state index contributed by atoms with van der Waals surface area (Å²) in [6.07, 6.45) is 3.09. The SMILES string of the molecule is CCN(CC)C(=O)CSc1nnc(Cc2ccccc2)n1C[C@@H]1CCCO1. The van der Waals surface area contributed by atoms with Crippen LogP contribution < -0.4 is 0 Å². The summed E-state index contributed by atoms with van der Waals surface area (Å²) in [7, 11) is 0. The molecule has 1 aliphatic rings. The summed E-state index contributed by atoms with van der Waals surface area (Å²) < 4.78 is 7.97. The van der Waals surface area contributed by atoms with Gasteiger partial charge in [-0.1, -0.05) is 42.1 Å². The van der Waals surface area contributed by atoms with Gasteiger partial charge in [-0.15, -0.1) is 10.2 Å². The van der Waals surface area contributed by atoms with Gasteiger partial charge < -0.3 is 14.2 Å². The van der Waals surface area contributed by atoms with E-state index in [4.69, 9.17) is 4.74 Å². The Morgan fingerprint density at radius 1 is 1.26 bits per heavy atom. The fraction of sp³-hybridized carbons (Fsp3) is 0.550. The standard InChI is InChI=1S/C20H28N4O2S/c1-3-23(4-2)19(25)15-27-20-22-21-18(13-16-9-6-5-7-10-16)24(20)14-17-11-8-12-26-17/h5-7,9-10,17H,3-4,8,11-15H2,1-2H3/t17-/m0/s1. The molecule has 0 aliphatic carbocycles. The Morgan fingerprint density at radius 2 is 2.04 bits per heavy atom. The van der Waals surface area contributed by atoms with Crippen LogP contribution in [-0.2, 0) is 22.5 Å². The van der Waals surface area contributed by atoms with E-state index in [0.717, 1.165) is 56.5 Å². The molecule has 1 aromatic carbocycles. The molecule has 3 rings (SSSR count). The van der Waals surface area contributed by atoms with Crippen LogP contribution in [0.2, 0.25) is 0 Å². The number of carbonyl (C=O) groups excluding carboxylic acids is 1. The monoisotopic (exact) mass is 388 g/mol. The van der Waals surface area contributed by atoms with Crippen LogP contribution in [0.3, 0.4) is 0 Å². The third kappa shape index (κ3) is 5.32. The number of aromatic nitrogens is 3. The van der Waals surface area contributed by atoms with Crippen molar-refractivity contribution in [1.29, 1.82) is 0 Å². The van der Waals surface area contributed by atoms with Crippen molar-refractivity contribution in [3.63, 3.8) is 0 Å². The molecule has 1 fully saturated rings. The molecule has 1 aliphatic heterocycles. The van der Waals surface area contributed by atoms with Crippen molar-refractivity contribution < 1.29 is 9.53 Å². The van der Waals surface area contributed by atoms with Crippen molar-refractivity contribution in [3.8, 4) is 0 Å². The van der Waals surface area contributed by atoms with Crippen molar-refractivity contribution in [1.82, 2.24) is 19.7 Å². The first-order valence-electron chi connectivity index (χ1n) is 9.69. The largest absolute Gasteiger partial charge is 0.376 e. The molecular formula is C20H28N4O2S. The maximum absolute atomic E-state index is 12.4. The molecule has 27 heavy (non-hydrogen) atoms. The summed E-state index contributed by atoms with van der Waals surface area (Å²) in [5.41, 5.74) is 1.20. The molecule has 2 aromatic rings. The molecule has 1 aromatic heterocycles. The summed E-state index contributed by atoms with van der Waals surface area (Å²) >= 11 is 1.47. The Labute approximate surface area is 165 Å². The van der Waals surface area contributed by atoms with Gasteiger partial charge >= 0.3 is 0 Å². The van der Waals surface area contributed by atoms with E-state index >= 15 is 0 Å². The number of rotatable bonds is 9. The van der Waals surface area contributed by atoms with Crippen LogP contribution in [0.1, 0.15) is 38.1 Å². The number of ether oxygens (including phenoxy) is 1. The van der Waals surface area contributed by atoms with Crippen LogP contribution in [0.25, 0.3) is 0 Å². The summed E-state index contributed by atoms with van der Waals surface area (Å²) in [4.78, 5) is 14.2. The van der Waals surface area contributed by atoms with E-state index in [0.29, 0.717) is 5.75 Å². The average Bonchev–Trinajstić information content (AvgIpc) is 3.33. The minimum atomic E-state index is 0.140. The van der Waals surface area contributed by atoms with Crippen LogP contribution in [0.4, 0.5) is 0 Å². The van der Waals surface area contributed by atoms with Crippen molar-refractivity contribution in [2.75, 3.05) is 25.4 Å². The minimum absolute atomic E-state index is 0.140. The number of hydrogen-bond acceptors (Lipinski definition) is 5. The normalized spacial score (nSPS) is 16.6. The summed E-state index contributed by atoms with van der Waals surface area (Å²) in [6, 6.07) is 10.3. The van der Waals surface area contributed by atoms with Crippen LogP contribution in [0.15, 0.2) is 35.5 Å². The zero-order valence-corrected chi connectivity index (χ0v) is 17.0. The smallest absolute Gasteiger partial charge is 0.233 e. The Morgan fingerprint density at radius 3 is 2.70 bits per heavy atom. The Kier molecular flexibility index (Phi) is 7.29. The van der Waals surface area contributed by atoms with E-state index in [1.54, 1.807) is 0 Å². The first-order chi connectivity index (χ1) is 13.2. The zero-order valence-electron chi connectivity index (χ0n) is 16.1. The lowest BCUT2D eigenvalue weighted by Gasteiger charge is -2.18. The molecule has 2 heterocycles. The molecule has 0 N–H and O–H groups in total. The van der Waals surface area contributed by atoms with E-state index in [2.05, 4.69) is 26.9 Å². The molecule has 0 radical (unpaired) electrons. The minimum Gasteiger partial charge on any atom is -0.376 e. The number of thioether (sulfide) groups is 1. The number of carbonyl (C=O) groups is 1. The molecule has 0 saturated carbocycles. The van der Waals surface area contributed by atoms with Crippen molar-refractivity contribution in [3.05, 3.63) is 41.7 Å². The zero-order chi connectivity index (χ0) is 19.1. The maximum Gasteiger partial charge on any atom is 0.233 e. The van der Waals surface area contributed by atoms with E-state index < -0.39 is 0 Å². The van der Waals surface area contributed by atoms with Gasteiger partial charge in [-0.25, -0.2) is 0 Å². The van der Waals surface area contributed by atoms with Gasteiger partial charge in [0.15, 0.2) is 5.16 Å². The van der Waals surface area contributed by atoms with Crippen LogP contribution in [-0.4, -0.2) is 57.1 Å². The Hall–Kier alpha value is -1.86. The number of nitrogens with zero attached hydrogens (tertiary/aromatic N) is 4. The van der Waals surface area contributed by atoms with Gasteiger partial charge in [-0.3, -0.25) is 4.79 Å². The van der Waals surface area contributed by atoms with Gasteiger partial charge in [0.1, 0.15) is 5.82 Å². The first-order valence-corrected chi connectivity index (χ1v) is 10.7. The van der Waals surface area contributed by atoms with E-state index in [9.17, 15) is 4.79 Å². The Balaban J connectivity index is 1.74. The van der Waals surface area contributed by atoms with E-state index in [-0.39, 0.29) is 12.0 Å². The highest BCUT2D eigenvalue weighted by atomic mass is 32.2. The molecule has 6 nitrogen and oxygen atoms in total. The van der Waals surface area contributed by atoms with Crippen molar-refractivity contribution in [2.24, 2.45) is 0 Å². The van der Waals surface area contributed by atoms with Gasteiger partial charge in [0, 0.05) is 26.1 Å². The van der Waals surface area contributed by atoms with E-state index in [1.807, 2.05) is 36.9 Å². The van der Waals surface area contributed by atoms with Crippen LogP contribution >= 0.6 is 11.8 Å². The molecule has 1 atom stereocenters. The molecule has 7 heteroatoms. The fourth-order valence-electron chi connectivity index (χ4n) is 3.30. The highest BCUT2D eigenvalue weighted by molar-refractivity contribution is 7.99. The predicted molar refractivity (Wildman–Crippen MR) is 107 cm³/mol. The quantitative estimate of drug-likeness (QED) is 0.618. The van der Waals surface area contributed by atoms with Gasteiger partial charge in [0.05, 0.1) is 18.4 Å². The second-order valence-corrected chi connectivity index (χ2v) is 7.60. The van der Waals surface area contributed by atoms with Gasteiger partial charge in [-0.05, 0) is 32.3 Å². The highest BCUT2D eigenvalue weighted by Gasteiger charge is 2.22. The van der Waals surface area contributed by atoms with Crippen LogP contribution in [0, 0.1) is 0 Å². The topological polar surface area (TPSA) is 60.2 Å². The third-order valence-corrected chi connectivity index (χ3v) is 5.80. The number of amides is 1. The van der Waals surface area contributed by atoms with Crippen molar-refractivity contribution in [2.45, 2.75) is 50.9 Å². The number of benzene rings is 1. The summed E-state index contributed by atoms with van der Waals surface area (Å²) in [5, 5.41) is 9.62. The third-order valence-electron chi connectivity index (χ3n) is 4.85. The van der Waals surface area contributed by atoms with Gasteiger partial charge in [-0.2, -0.15) is 0 Å². The fourth-order valence-corrected chi connectivity index (χ4v) is 4.17. The van der Waals surface area contributed by atoms with Gasteiger partial charge in [0.2, 0.25) is 5.91 Å². The molecule has 1 saturated heterocycles. The van der Waals surface area contributed by atoms with Crippen LogP contribution in [0.5, 0.6) is 0 Å².